The van der Waals surface area contributed by atoms with E-state index in [1.165, 1.54) is 19.3 Å². The van der Waals surface area contributed by atoms with Gasteiger partial charge in [0.2, 0.25) is 0 Å². The molecular formula is C34H50N2O5S. The number of hydrogen-bond donors (Lipinski definition) is 5. The van der Waals surface area contributed by atoms with Gasteiger partial charge in [-0.15, -0.1) is 0 Å². The van der Waals surface area contributed by atoms with Crippen molar-refractivity contribution in [3.05, 3.63) is 59.2 Å². The van der Waals surface area contributed by atoms with Crippen LogP contribution in [0.3, 0.4) is 0 Å². The Hall–Kier alpha value is -2.39. The minimum Gasteiger partial charge on any atom is -0.480 e. The molecule has 0 spiro atoms. The molecule has 3 rings (SSSR count). The van der Waals surface area contributed by atoms with Crippen LogP contribution >= 0.6 is 11.8 Å². The number of benzene rings is 2. The Morgan fingerprint density at radius 2 is 1.74 bits per heavy atom. The predicted octanol–water partition coefficient (Wildman–Crippen LogP) is 5.79. The van der Waals surface area contributed by atoms with Crippen molar-refractivity contribution in [3.63, 3.8) is 0 Å². The highest BCUT2D eigenvalue weighted by atomic mass is 32.2. The largest absolute Gasteiger partial charge is 0.480 e. The highest BCUT2D eigenvalue weighted by molar-refractivity contribution is 7.98. The summed E-state index contributed by atoms with van der Waals surface area (Å²) in [5.41, 5.74) is 4.03. The SMILES string of the molecule is CSCC[C@H](NC(=O)c1ccc(CN[C@@H](CC2CCCCC2)[C@H](O)[C@H](O)CC(C)C)cc1-c1ccccc1C)C(=O)O. The first-order valence-electron chi connectivity index (χ1n) is 15.4. The summed E-state index contributed by atoms with van der Waals surface area (Å²) in [6.07, 6.45) is 7.94. The van der Waals surface area contributed by atoms with Gasteiger partial charge in [0.25, 0.3) is 5.91 Å². The van der Waals surface area contributed by atoms with Crippen molar-refractivity contribution in [3.8, 4) is 11.1 Å². The molecule has 2 aromatic carbocycles. The molecule has 0 heterocycles. The van der Waals surface area contributed by atoms with Crippen LogP contribution in [0.25, 0.3) is 11.1 Å². The smallest absolute Gasteiger partial charge is 0.326 e. The maximum atomic E-state index is 13.4. The van der Waals surface area contributed by atoms with Gasteiger partial charge >= 0.3 is 5.97 Å². The highest BCUT2D eigenvalue weighted by Gasteiger charge is 2.30. The van der Waals surface area contributed by atoms with Crippen LogP contribution in [-0.2, 0) is 11.3 Å². The van der Waals surface area contributed by atoms with E-state index in [9.17, 15) is 24.9 Å². The number of aliphatic hydroxyl groups excluding tert-OH is 2. The van der Waals surface area contributed by atoms with Crippen LogP contribution in [0.4, 0.5) is 0 Å². The number of aliphatic carboxylic acids is 1. The van der Waals surface area contributed by atoms with Crippen LogP contribution in [0.5, 0.6) is 0 Å². The Morgan fingerprint density at radius 3 is 2.38 bits per heavy atom. The molecule has 1 aliphatic carbocycles. The van der Waals surface area contributed by atoms with Crippen molar-refractivity contribution < 1.29 is 24.9 Å². The van der Waals surface area contributed by atoms with E-state index < -0.39 is 30.1 Å². The van der Waals surface area contributed by atoms with Gasteiger partial charge in [-0.25, -0.2) is 4.79 Å². The van der Waals surface area contributed by atoms with Gasteiger partial charge in [-0.05, 0) is 84.4 Å². The first-order chi connectivity index (χ1) is 20.1. The molecule has 0 bridgehead atoms. The fraction of sp³-hybridized carbons (Fsp3) is 0.588. The number of nitrogens with one attached hydrogen (secondary N) is 2. The maximum absolute atomic E-state index is 13.4. The maximum Gasteiger partial charge on any atom is 0.326 e. The lowest BCUT2D eigenvalue weighted by atomic mass is 9.82. The van der Waals surface area contributed by atoms with Crippen LogP contribution in [0.1, 0.15) is 86.7 Å². The summed E-state index contributed by atoms with van der Waals surface area (Å²) in [6.45, 7) is 6.56. The third kappa shape index (κ3) is 10.1. The highest BCUT2D eigenvalue weighted by Crippen LogP contribution is 2.31. The van der Waals surface area contributed by atoms with Crippen molar-refractivity contribution in [2.75, 3.05) is 12.0 Å². The molecule has 232 valence electrons. The normalized spacial score (nSPS) is 17.0. The topological polar surface area (TPSA) is 119 Å². The zero-order valence-electron chi connectivity index (χ0n) is 25.6. The van der Waals surface area contributed by atoms with E-state index in [0.717, 1.165) is 41.5 Å². The molecule has 1 amide bonds. The molecule has 1 fully saturated rings. The standard InChI is InChI=1S/C34H50N2O5S/c1-22(2)18-31(37)32(38)30(20-24-11-6-5-7-12-24)35-21-25-14-15-27(28(19-25)26-13-9-8-10-23(26)3)33(39)36-29(34(40)41)16-17-42-4/h8-10,13-15,19,22,24,29-32,35,37-38H,5-7,11-12,16-18,20-21H2,1-4H3,(H,36,39)(H,40,41)/t29-,30-,31+,32-/m0/s1. The van der Waals surface area contributed by atoms with Gasteiger partial charge in [0, 0.05) is 18.2 Å². The van der Waals surface area contributed by atoms with E-state index in [-0.39, 0.29) is 12.0 Å². The number of carbonyl (C=O) groups is 2. The zero-order chi connectivity index (χ0) is 30.6. The van der Waals surface area contributed by atoms with Crippen LogP contribution in [0.2, 0.25) is 0 Å². The predicted molar refractivity (Wildman–Crippen MR) is 172 cm³/mol. The Kier molecular flexibility index (Phi) is 13.8. The number of rotatable bonds is 16. The summed E-state index contributed by atoms with van der Waals surface area (Å²) in [5, 5.41) is 37.9. The third-order valence-electron chi connectivity index (χ3n) is 8.38. The van der Waals surface area contributed by atoms with Crippen LogP contribution in [0.15, 0.2) is 42.5 Å². The second-order valence-electron chi connectivity index (χ2n) is 12.3. The summed E-state index contributed by atoms with van der Waals surface area (Å²) in [6, 6.07) is 12.3. The number of aliphatic hydroxyl groups is 2. The molecule has 0 radical (unpaired) electrons. The minimum atomic E-state index is -1.04. The lowest BCUT2D eigenvalue weighted by Crippen LogP contribution is -2.47. The van der Waals surface area contributed by atoms with Crippen molar-refractivity contribution in [2.45, 2.75) is 103 Å². The van der Waals surface area contributed by atoms with Crippen molar-refractivity contribution in [2.24, 2.45) is 11.8 Å². The Labute approximate surface area is 255 Å². The molecule has 8 heteroatoms. The van der Waals surface area contributed by atoms with Gasteiger partial charge < -0.3 is 26.0 Å². The Bertz CT molecular complexity index is 1150. The number of hydrogen-bond acceptors (Lipinski definition) is 6. The van der Waals surface area contributed by atoms with E-state index in [2.05, 4.69) is 10.6 Å². The van der Waals surface area contributed by atoms with Gasteiger partial charge in [-0.2, -0.15) is 11.8 Å². The van der Waals surface area contributed by atoms with Crippen LogP contribution in [-0.4, -0.2) is 63.5 Å². The first kappa shape index (κ1) is 34.1. The molecule has 7 nitrogen and oxygen atoms in total. The second-order valence-corrected chi connectivity index (χ2v) is 13.2. The number of aryl methyl sites for hydroxylation is 1. The lowest BCUT2D eigenvalue weighted by molar-refractivity contribution is -0.139. The number of carboxylic acids is 1. The molecule has 5 N–H and O–H groups in total. The van der Waals surface area contributed by atoms with Crippen molar-refractivity contribution in [1.29, 1.82) is 0 Å². The molecule has 42 heavy (non-hydrogen) atoms. The summed E-state index contributed by atoms with van der Waals surface area (Å²) in [7, 11) is 0. The monoisotopic (exact) mass is 598 g/mol. The number of amides is 1. The average molecular weight is 599 g/mol. The Morgan fingerprint density at radius 1 is 1.02 bits per heavy atom. The summed E-state index contributed by atoms with van der Waals surface area (Å²) < 4.78 is 0. The molecule has 0 aromatic heterocycles. The van der Waals surface area contributed by atoms with Gasteiger partial charge in [-0.3, -0.25) is 4.79 Å². The van der Waals surface area contributed by atoms with Crippen molar-refractivity contribution >= 4 is 23.6 Å². The molecule has 2 aromatic rings. The first-order valence-corrected chi connectivity index (χ1v) is 16.8. The van der Waals surface area contributed by atoms with E-state index in [1.54, 1.807) is 17.8 Å². The third-order valence-corrected chi connectivity index (χ3v) is 9.02. The van der Waals surface area contributed by atoms with Gasteiger partial charge in [0.15, 0.2) is 0 Å². The number of carboxylic acid groups (broad SMARTS) is 1. The average Bonchev–Trinajstić information content (AvgIpc) is 2.97. The number of thioether (sulfide) groups is 1. The van der Waals surface area contributed by atoms with E-state index >= 15 is 0 Å². The quantitative estimate of drug-likeness (QED) is 0.166. The van der Waals surface area contributed by atoms with E-state index in [1.807, 2.05) is 63.4 Å². The lowest BCUT2D eigenvalue weighted by Gasteiger charge is -2.33. The molecule has 1 aliphatic rings. The summed E-state index contributed by atoms with van der Waals surface area (Å²) in [5.74, 6) is -0.0194. The van der Waals surface area contributed by atoms with Crippen molar-refractivity contribution in [1.82, 2.24) is 10.6 Å². The molecule has 1 saturated carbocycles. The van der Waals surface area contributed by atoms with E-state index in [0.29, 0.717) is 36.6 Å². The summed E-state index contributed by atoms with van der Waals surface area (Å²) >= 11 is 1.54. The molecule has 0 saturated heterocycles. The van der Waals surface area contributed by atoms with Crippen LogP contribution < -0.4 is 10.6 Å². The van der Waals surface area contributed by atoms with E-state index in [4.69, 9.17) is 0 Å². The molecule has 0 aliphatic heterocycles. The van der Waals surface area contributed by atoms with Crippen LogP contribution in [0, 0.1) is 18.8 Å². The fourth-order valence-electron chi connectivity index (χ4n) is 5.99. The fourth-order valence-corrected chi connectivity index (χ4v) is 6.46. The molecule has 4 atom stereocenters. The number of carbonyl (C=O) groups excluding carboxylic acids is 1. The van der Waals surface area contributed by atoms with Gasteiger partial charge in [0.05, 0.1) is 12.2 Å². The molecule has 0 unspecified atom stereocenters. The Balaban J connectivity index is 1.87. The van der Waals surface area contributed by atoms with Gasteiger partial charge in [-0.1, -0.05) is 76.3 Å². The summed E-state index contributed by atoms with van der Waals surface area (Å²) in [4.78, 5) is 25.2. The minimum absolute atomic E-state index is 0.250. The van der Waals surface area contributed by atoms with Gasteiger partial charge in [0.1, 0.15) is 6.04 Å². The zero-order valence-corrected chi connectivity index (χ0v) is 26.5. The second kappa shape index (κ2) is 17.0. The molecular weight excluding hydrogens is 548 g/mol.